The van der Waals surface area contributed by atoms with Crippen LogP contribution in [0, 0.1) is 5.41 Å². The minimum absolute atomic E-state index is 0.320. The highest BCUT2D eigenvalue weighted by atomic mass is 16.2. The van der Waals surface area contributed by atoms with E-state index in [1.54, 1.807) is 0 Å². The first kappa shape index (κ1) is 16.9. The summed E-state index contributed by atoms with van der Waals surface area (Å²) in [4.78, 5) is 0. The molecule has 0 bridgehead atoms. The summed E-state index contributed by atoms with van der Waals surface area (Å²) in [5.41, 5.74) is 0.324. The number of aliphatic hydroxyl groups excluding tert-OH is 1. The zero-order valence-electron chi connectivity index (χ0n) is 12.2. The van der Waals surface area contributed by atoms with Gasteiger partial charge in [-0.25, -0.2) is 0 Å². The first-order valence-electron chi connectivity index (χ1n) is 7.44. The van der Waals surface area contributed by atoms with Crippen molar-refractivity contribution in [1.29, 1.82) is 0 Å². The lowest BCUT2D eigenvalue weighted by Gasteiger charge is -2.24. The molecule has 0 aliphatic heterocycles. The van der Waals surface area contributed by atoms with Crippen molar-refractivity contribution in [3.63, 3.8) is 0 Å². The molecule has 0 aliphatic rings. The van der Waals surface area contributed by atoms with Crippen molar-refractivity contribution < 1.29 is 5.11 Å². The minimum atomic E-state index is 0.320. The van der Waals surface area contributed by atoms with Crippen molar-refractivity contribution in [3.8, 4) is 0 Å². The molecule has 0 spiro atoms. The van der Waals surface area contributed by atoms with Gasteiger partial charge < -0.3 is 10.4 Å². The Morgan fingerprint density at radius 2 is 1.59 bits per heavy atom. The van der Waals surface area contributed by atoms with Gasteiger partial charge >= 0.3 is 0 Å². The van der Waals surface area contributed by atoms with Crippen LogP contribution in [-0.4, -0.2) is 24.8 Å². The zero-order chi connectivity index (χ0) is 13.0. The molecule has 0 unspecified atom stereocenters. The average molecular weight is 243 g/mol. The van der Waals surface area contributed by atoms with E-state index in [0.717, 1.165) is 25.9 Å². The van der Waals surface area contributed by atoms with Gasteiger partial charge in [0.25, 0.3) is 0 Å². The molecule has 0 aromatic carbocycles. The third-order valence-electron chi connectivity index (χ3n) is 3.32. The molecule has 2 heteroatoms. The molecule has 0 rings (SSSR count). The van der Waals surface area contributed by atoms with Crippen LogP contribution in [0.2, 0.25) is 0 Å². The van der Waals surface area contributed by atoms with Crippen LogP contribution >= 0.6 is 0 Å². The molecule has 0 aliphatic carbocycles. The maximum Gasteiger partial charge on any atom is 0.0431 e. The second kappa shape index (κ2) is 11.0. The first-order valence-corrected chi connectivity index (χ1v) is 7.44. The number of aliphatic hydroxyl groups is 1. The molecule has 0 radical (unpaired) electrons. The van der Waals surface area contributed by atoms with Crippen LogP contribution in [0.4, 0.5) is 0 Å². The molecule has 0 fully saturated rings. The smallest absolute Gasteiger partial charge is 0.0431 e. The molecule has 2 nitrogen and oxygen atoms in total. The summed E-state index contributed by atoms with van der Waals surface area (Å²) in [6.07, 6.45) is 10.2. The van der Waals surface area contributed by atoms with E-state index in [2.05, 4.69) is 26.1 Å². The monoisotopic (exact) mass is 243 g/mol. The highest BCUT2D eigenvalue weighted by Gasteiger charge is 2.15. The molecule has 2 N–H and O–H groups in total. The molecule has 0 aromatic rings. The van der Waals surface area contributed by atoms with E-state index in [-0.39, 0.29) is 0 Å². The molecule has 0 aromatic heterocycles. The van der Waals surface area contributed by atoms with E-state index in [9.17, 15) is 0 Å². The van der Waals surface area contributed by atoms with Gasteiger partial charge in [0.05, 0.1) is 0 Å². The van der Waals surface area contributed by atoms with Crippen molar-refractivity contribution in [3.05, 3.63) is 0 Å². The predicted molar refractivity (Wildman–Crippen MR) is 76.3 cm³/mol. The number of rotatable bonds is 12. The summed E-state index contributed by atoms with van der Waals surface area (Å²) >= 11 is 0. The summed E-state index contributed by atoms with van der Waals surface area (Å²) in [6, 6.07) is 0. The van der Waals surface area contributed by atoms with E-state index in [1.807, 2.05) is 0 Å². The predicted octanol–water partition coefficient (Wildman–Crippen LogP) is 3.74. The molecule has 0 atom stereocenters. The summed E-state index contributed by atoms with van der Waals surface area (Å²) in [5.74, 6) is 0. The number of nitrogens with one attached hydrogen (secondary N) is 1. The quantitative estimate of drug-likeness (QED) is 0.512. The van der Waals surface area contributed by atoms with E-state index >= 15 is 0 Å². The standard InChI is InChI=1S/C15H33NO/c1-4-5-6-7-8-9-12-16-14-15(2,3)11-10-13-17/h16-17H,4-14H2,1-3H3. The third-order valence-corrected chi connectivity index (χ3v) is 3.32. The van der Waals surface area contributed by atoms with Gasteiger partial charge in [0.1, 0.15) is 0 Å². The maximum atomic E-state index is 8.82. The van der Waals surface area contributed by atoms with Crippen LogP contribution in [0.5, 0.6) is 0 Å². The van der Waals surface area contributed by atoms with Crippen molar-refractivity contribution in [2.45, 2.75) is 72.1 Å². The molecule has 104 valence electrons. The number of hydrogen-bond donors (Lipinski definition) is 2. The number of hydrogen-bond acceptors (Lipinski definition) is 2. The zero-order valence-corrected chi connectivity index (χ0v) is 12.2. The van der Waals surface area contributed by atoms with Gasteiger partial charge in [-0.1, -0.05) is 52.9 Å². The van der Waals surface area contributed by atoms with Crippen molar-refractivity contribution in [2.24, 2.45) is 5.41 Å². The molecule has 0 amide bonds. The highest BCUT2D eigenvalue weighted by molar-refractivity contribution is 4.71. The summed E-state index contributed by atoms with van der Waals surface area (Å²) in [6.45, 7) is 9.35. The van der Waals surface area contributed by atoms with Crippen LogP contribution < -0.4 is 5.32 Å². The van der Waals surface area contributed by atoms with E-state index < -0.39 is 0 Å². The van der Waals surface area contributed by atoms with Gasteiger partial charge in [-0.2, -0.15) is 0 Å². The fraction of sp³-hybridized carbons (Fsp3) is 1.00. The molecule has 0 heterocycles. The molecule has 0 saturated heterocycles. The Bertz CT molecular complexity index is 157. The summed E-state index contributed by atoms with van der Waals surface area (Å²) in [7, 11) is 0. The van der Waals surface area contributed by atoms with E-state index in [4.69, 9.17) is 5.11 Å². The average Bonchev–Trinajstić information content (AvgIpc) is 2.30. The molecular weight excluding hydrogens is 210 g/mol. The largest absolute Gasteiger partial charge is 0.396 e. The van der Waals surface area contributed by atoms with Gasteiger partial charge in [-0.3, -0.25) is 0 Å². The van der Waals surface area contributed by atoms with Crippen LogP contribution in [0.1, 0.15) is 72.1 Å². The van der Waals surface area contributed by atoms with Crippen LogP contribution in [0.3, 0.4) is 0 Å². The Hall–Kier alpha value is -0.0800. The van der Waals surface area contributed by atoms with E-state index in [0.29, 0.717) is 12.0 Å². The second-order valence-electron chi connectivity index (χ2n) is 5.94. The Labute approximate surface area is 108 Å². The van der Waals surface area contributed by atoms with Crippen molar-refractivity contribution in [2.75, 3.05) is 19.7 Å². The topological polar surface area (TPSA) is 32.3 Å². The molecular formula is C15H33NO. The van der Waals surface area contributed by atoms with Crippen molar-refractivity contribution in [1.82, 2.24) is 5.32 Å². The fourth-order valence-electron chi connectivity index (χ4n) is 2.10. The fourth-order valence-corrected chi connectivity index (χ4v) is 2.10. The lowest BCUT2D eigenvalue weighted by Crippen LogP contribution is -2.30. The first-order chi connectivity index (χ1) is 8.12. The van der Waals surface area contributed by atoms with Gasteiger partial charge in [0, 0.05) is 13.2 Å². The normalized spacial score (nSPS) is 12.0. The Morgan fingerprint density at radius 3 is 2.24 bits per heavy atom. The lowest BCUT2D eigenvalue weighted by molar-refractivity contribution is 0.236. The number of unbranched alkanes of at least 4 members (excludes halogenated alkanes) is 5. The van der Waals surface area contributed by atoms with Gasteiger partial charge in [-0.05, 0) is 31.2 Å². The van der Waals surface area contributed by atoms with E-state index in [1.165, 1.54) is 38.5 Å². The maximum absolute atomic E-state index is 8.82. The lowest BCUT2D eigenvalue weighted by atomic mass is 9.88. The summed E-state index contributed by atoms with van der Waals surface area (Å²) in [5, 5.41) is 12.4. The second-order valence-corrected chi connectivity index (χ2v) is 5.94. The Morgan fingerprint density at radius 1 is 0.941 bits per heavy atom. The molecule has 0 saturated carbocycles. The van der Waals surface area contributed by atoms with Gasteiger partial charge in [-0.15, -0.1) is 0 Å². The van der Waals surface area contributed by atoms with Gasteiger partial charge in [0.2, 0.25) is 0 Å². The Balaban J connectivity index is 3.26. The Kier molecular flexibility index (Phi) is 11.0. The SMILES string of the molecule is CCCCCCCCNCC(C)(C)CCCO. The highest BCUT2D eigenvalue weighted by Crippen LogP contribution is 2.20. The van der Waals surface area contributed by atoms with Gasteiger partial charge in [0.15, 0.2) is 0 Å². The third kappa shape index (κ3) is 12.2. The summed E-state index contributed by atoms with van der Waals surface area (Å²) < 4.78 is 0. The van der Waals surface area contributed by atoms with Crippen molar-refractivity contribution >= 4 is 0 Å². The van der Waals surface area contributed by atoms with Crippen LogP contribution in [-0.2, 0) is 0 Å². The van der Waals surface area contributed by atoms with Crippen LogP contribution in [0.25, 0.3) is 0 Å². The minimum Gasteiger partial charge on any atom is -0.396 e. The van der Waals surface area contributed by atoms with Crippen LogP contribution in [0.15, 0.2) is 0 Å². The molecule has 17 heavy (non-hydrogen) atoms.